The van der Waals surface area contributed by atoms with E-state index in [2.05, 4.69) is 0 Å². The van der Waals surface area contributed by atoms with Gasteiger partial charge in [-0.05, 0) is 38.8 Å². The van der Waals surface area contributed by atoms with Gasteiger partial charge in [0, 0.05) is 20.6 Å². The number of hydrogen-bond acceptors (Lipinski definition) is 4. The molecule has 0 aliphatic carbocycles. The second kappa shape index (κ2) is 7.49. The average molecular weight is 364 g/mol. The molecule has 0 fully saturated rings. The molecule has 0 saturated carbocycles. The minimum absolute atomic E-state index is 0.105. The number of benzene rings is 1. The first kappa shape index (κ1) is 19.3. The maximum absolute atomic E-state index is 12.9. The topological polar surface area (TPSA) is 74.8 Å². The van der Waals surface area contributed by atoms with E-state index in [0.717, 1.165) is 11.1 Å². The van der Waals surface area contributed by atoms with Crippen LogP contribution < -0.4 is 0 Å². The lowest BCUT2D eigenvalue weighted by molar-refractivity contribution is -0.128. The summed E-state index contributed by atoms with van der Waals surface area (Å²) in [5.74, 6) is -0.830. The number of carbonyl (C=O) groups excluding carboxylic acids is 2. The van der Waals surface area contributed by atoms with Crippen molar-refractivity contribution in [2.24, 2.45) is 0 Å². The Morgan fingerprint density at radius 3 is 2.28 bits per heavy atom. The van der Waals surface area contributed by atoms with Gasteiger partial charge >= 0.3 is 0 Å². The van der Waals surface area contributed by atoms with E-state index in [-0.39, 0.29) is 29.5 Å². The molecule has 0 N–H and O–H groups in total. The Bertz CT molecular complexity index is 808. The molecule has 1 amide bonds. The van der Waals surface area contributed by atoms with Gasteiger partial charge in [0.2, 0.25) is 10.0 Å². The van der Waals surface area contributed by atoms with Gasteiger partial charge in [0.1, 0.15) is 0 Å². The summed E-state index contributed by atoms with van der Waals surface area (Å²) >= 11 is 0. The lowest BCUT2D eigenvalue weighted by atomic mass is 9.98. The Morgan fingerprint density at radius 2 is 1.72 bits per heavy atom. The third-order valence-electron chi connectivity index (χ3n) is 4.26. The van der Waals surface area contributed by atoms with Crippen molar-refractivity contribution in [2.45, 2.75) is 31.6 Å². The Morgan fingerprint density at radius 1 is 1.12 bits per heavy atom. The van der Waals surface area contributed by atoms with Crippen molar-refractivity contribution in [3.63, 3.8) is 0 Å². The van der Waals surface area contributed by atoms with E-state index in [4.69, 9.17) is 0 Å². The Balaban J connectivity index is 2.36. The molecule has 6 nitrogen and oxygen atoms in total. The van der Waals surface area contributed by atoms with Gasteiger partial charge in [-0.2, -0.15) is 4.31 Å². The van der Waals surface area contributed by atoms with Gasteiger partial charge in [-0.1, -0.05) is 23.3 Å². The molecule has 0 unspecified atom stereocenters. The minimum Gasteiger partial charge on any atom is -0.345 e. The molecule has 0 spiro atoms. The molecule has 0 aromatic heterocycles. The first-order valence-corrected chi connectivity index (χ1v) is 9.60. The number of ketones is 1. The molecule has 1 aromatic carbocycles. The largest absolute Gasteiger partial charge is 0.345 e. The standard InChI is InChI=1S/C18H24N2O4S/c1-13-7-9-15(10-8-13)25(23,24)20-11-5-6-14(2)17(16(21)12-20)18(22)19(3)4/h7-10H,5-6,11-12H2,1-4H3/b17-14+. The summed E-state index contributed by atoms with van der Waals surface area (Å²) in [5.41, 5.74) is 1.78. The van der Waals surface area contributed by atoms with Crippen molar-refractivity contribution in [2.75, 3.05) is 27.2 Å². The molecular weight excluding hydrogens is 340 g/mol. The van der Waals surface area contributed by atoms with Crippen molar-refractivity contribution in [1.82, 2.24) is 9.21 Å². The lowest BCUT2D eigenvalue weighted by Crippen LogP contribution is -2.40. The molecule has 136 valence electrons. The molecule has 0 bridgehead atoms. The molecule has 7 heteroatoms. The monoisotopic (exact) mass is 364 g/mol. The van der Waals surface area contributed by atoms with Gasteiger partial charge in [-0.25, -0.2) is 8.42 Å². The predicted octanol–water partition coefficient (Wildman–Crippen LogP) is 1.75. The first-order chi connectivity index (χ1) is 11.6. The molecule has 0 radical (unpaired) electrons. The Hall–Kier alpha value is -1.99. The van der Waals surface area contributed by atoms with E-state index in [0.29, 0.717) is 12.8 Å². The van der Waals surface area contributed by atoms with Crippen LogP contribution in [0, 0.1) is 6.92 Å². The summed E-state index contributed by atoms with van der Waals surface area (Å²) in [7, 11) is -0.615. The number of nitrogens with zero attached hydrogens (tertiary/aromatic N) is 2. The van der Waals surface area contributed by atoms with Crippen LogP contribution in [0.15, 0.2) is 40.3 Å². The Kier molecular flexibility index (Phi) is 5.80. The highest BCUT2D eigenvalue weighted by molar-refractivity contribution is 7.89. The summed E-state index contributed by atoms with van der Waals surface area (Å²) < 4.78 is 26.9. The van der Waals surface area contributed by atoms with E-state index < -0.39 is 15.8 Å². The zero-order valence-electron chi connectivity index (χ0n) is 15.1. The second-order valence-corrected chi connectivity index (χ2v) is 8.47. The van der Waals surface area contributed by atoms with Gasteiger partial charge in [-0.3, -0.25) is 9.59 Å². The smallest absolute Gasteiger partial charge is 0.256 e. The number of hydrogen-bond donors (Lipinski definition) is 0. The molecule has 1 aromatic rings. The normalized spacial score (nSPS) is 20.1. The molecule has 1 heterocycles. The van der Waals surface area contributed by atoms with Crippen molar-refractivity contribution in [1.29, 1.82) is 0 Å². The van der Waals surface area contributed by atoms with Crippen LogP contribution in [0.1, 0.15) is 25.3 Å². The fourth-order valence-corrected chi connectivity index (χ4v) is 4.23. The summed E-state index contributed by atoms with van der Waals surface area (Å²) in [5, 5.41) is 0. The van der Waals surface area contributed by atoms with Crippen LogP contribution in [0.5, 0.6) is 0 Å². The molecular formula is C18H24N2O4S. The van der Waals surface area contributed by atoms with Crippen molar-refractivity contribution in [3.05, 3.63) is 41.0 Å². The van der Waals surface area contributed by atoms with E-state index in [1.807, 2.05) is 6.92 Å². The van der Waals surface area contributed by atoms with Crippen LogP contribution in [0.4, 0.5) is 0 Å². The average Bonchev–Trinajstić information content (AvgIpc) is 2.52. The fourth-order valence-electron chi connectivity index (χ4n) is 2.79. The highest BCUT2D eigenvalue weighted by atomic mass is 32.2. The summed E-state index contributed by atoms with van der Waals surface area (Å²) in [4.78, 5) is 26.5. The van der Waals surface area contributed by atoms with Gasteiger partial charge in [0.15, 0.2) is 5.78 Å². The van der Waals surface area contributed by atoms with Gasteiger partial charge in [-0.15, -0.1) is 0 Å². The predicted molar refractivity (Wildman–Crippen MR) is 95.6 cm³/mol. The summed E-state index contributed by atoms with van der Waals surface area (Å²) in [6, 6.07) is 6.54. The summed E-state index contributed by atoms with van der Waals surface area (Å²) in [6.07, 6.45) is 1.08. The van der Waals surface area contributed by atoms with Crippen LogP contribution in [-0.4, -0.2) is 56.5 Å². The van der Waals surface area contributed by atoms with Gasteiger partial charge in [0.05, 0.1) is 17.0 Å². The molecule has 0 saturated heterocycles. The van der Waals surface area contributed by atoms with Crippen molar-refractivity contribution < 1.29 is 18.0 Å². The minimum atomic E-state index is -3.77. The van der Waals surface area contributed by atoms with E-state index in [1.54, 1.807) is 45.3 Å². The van der Waals surface area contributed by atoms with Crippen molar-refractivity contribution in [3.8, 4) is 0 Å². The SMILES string of the molecule is C/C1=C(\C(=O)N(C)C)C(=O)CN(S(=O)(=O)c2ccc(C)cc2)CCC1. The number of aryl methyl sites for hydroxylation is 1. The number of sulfonamides is 1. The third kappa shape index (κ3) is 4.16. The van der Waals surface area contributed by atoms with Crippen LogP contribution in [0.2, 0.25) is 0 Å². The molecule has 1 aliphatic heterocycles. The number of Topliss-reactive ketones (excluding diaryl/α,β-unsaturated/α-hetero) is 1. The fraction of sp³-hybridized carbons (Fsp3) is 0.444. The van der Waals surface area contributed by atoms with Crippen LogP contribution in [0.3, 0.4) is 0 Å². The first-order valence-electron chi connectivity index (χ1n) is 8.16. The third-order valence-corrected chi connectivity index (χ3v) is 6.12. The lowest BCUT2D eigenvalue weighted by Gasteiger charge is -2.25. The van der Waals surface area contributed by atoms with E-state index >= 15 is 0 Å². The van der Waals surface area contributed by atoms with Crippen molar-refractivity contribution >= 4 is 21.7 Å². The van der Waals surface area contributed by atoms with E-state index in [9.17, 15) is 18.0 Å². The van der Waals surface area contributed by atoms with Gasteiger partial charge < -0.3 is 4.90 Å². The highest BCUT2D eigenvalue weighted by Crippen LogP contribution is 2.23. The van der Waals surface area contributed by atoms with Crippen LogP contribution in [-0.2, 0) is 19.6 Å². The number of allylic oxidation sites excluding steroid dienone is 1. The molecule has 2 rings (SSSR count). The highest BCUT2D eigenvalue weighted by Gasteiger charge is 2.32. The maximum Gasteiger partial charge on any atom is 0.256 e. The maximum atomic E-state index is 12.9. The second-order valence-electron chi connectivity index (χ2n) is 6.53. The van der Waals surface area contributed by atoms with Crippen LogP contribution >= 0.6 is 0 Å². The number of rotatable bonds is 3. The van der Waals surface area contributed by atoms with E-state index in [1.165, 1.54) is 9.21 Å². The number of likely N-dealkylation sites (N-methyl/N-ethyl adjacent to an activating group) is 1. The zero-order chi connectivity index (χ0) is 18.8. The number of amides is 1. The molecule has 0 atom stereocenters. The van der Waals surface area contributed by atoms with Crippen LogP contribution in [0.25, 0.3) is 0 Å². The summed E-state index contributed by atoms with van der Waals surface area (Å²) in [6.45, 7) is 3.58. The number of carbonyl (C=O) groups is 2. The quantitative estimate of drug-likeness (QED) is 0.766. The molecule has 1 aliphatic rings. The zero-order valence-corrected chi connectivity index (χ0v) is 15.9. The Labute approximate surface area is 149 Å². The van der Waals surface area contributed by atoms with Gasteiger partial charge in [0.25, 0.3) is 5.91 Å². The molecule has 25 heavy (non-hydrogen) atoms.